The highest BCUT2D eigenvalue weighted by molar-refractivity contribution is 5.90. The summed E-state index contributed by atoms with van der Waals surface area (Å²) in [6.07, 6.45) is 0.268. The number of rotatable bonds is 3. The van der Waals surface area contributed by atoms with Gasteiger partial charge in [0.1, 0.15) is 6.10 Å². The fourth-order valence-corrected chi connectivity index (χ4v) is 5.02. The zero-order valence-electron chi connectivity index (χ0n) is 16.1. The van der Waals surface area contributed by atoms with E-state index in [0.717, 1.165) is 0 Å². The fraction of sp³-hybridized carbons (Fsp3) is 0.800. The second kappa shape index (κ2) is 6.97. The number of carbonyl (C=O) groups is 2. The molecule has 2 aliphatic heterocycles. The van der Waals surface area contributed by atoms with Gasteiger partial charge in [0.05, 0.1) is 18.6 Å². The molecule has 1 saturated carbocycles. The normalized spacial score (nSPS) is 43.7. The van der Waals surface area contributed by atoms with Gasteiger partial charge in [-0.3, -0.25) is 4.79 Å². The Morgan fingerprint density at radius 2 is 2.19 bits per heavy atom. The number of fused-ring (bicyclic) bond motifs is 2. The van der Waals surface area contributed by atoms with Crippen LogP contribution in [0, 0.1) is 29.1 Å². The lowest BCUT2D eigenvalue weighted by Crippen LogP contribution is -2.56. The molecule has 2 heterocycles. The standard InChI is InChI=1S/C20H30O6/c1-6-10(2)17(22)26-19-20(5)8-13-12(4)18(23)25-15(13)7-11(3)16(20)14(21)9-24-19/h10-11,13-16,19,21H,4,6-9H2,1-3,5H3/t10-,11+,13+,14-,15-,16+,19-,20-/m0/s1. The molecule has 0 aromatic carbocycles. The minimum atomic E-state index is -0.748. The van der Waals surface area contributed by atoms with Crippen LogP contribution >= 0.6 is 0 Å². The molecule has 1 aliphatic carbocycles. The van der Waals surface area contributed by atoms with Crippen molar-refractivity contribution in [2.75, 3.05) is 6.61 Å². The molecule has 0 radical (unpaired) electrons. The highest BCUT2D eigenvalue weighted by Gasteiger charge is 2.59. The Balaban J connectivity index is 1.93. The third kappa shape index (κ3) is 3.07. The van der Waals surface area contributed by atoms with Crippen LogP contribution in [-0.4, -0.2) is 42.1 Å². The lowest BCUT2D eigenvalue weighted by Gasteiger charge is -2.50. The van der Waals surface area contributed by atoms with E-state index in [1.807, 2.05) is 20.8 Å². The number of esters is 2. The molecule has 3 fully saturated rings. The highest BCUT2D eigenvalue weighted by Crippen LogP contribution is 2.54. The first-order valence-electron chi connectivity index (χ1n) is 9.59. The van der Waals surface area contributed by atoms with Crippen LogP contribution in [0.3, 0.4) is 0 Å². The second-order valence-corrected chi connectivity index (χ2v) is 8.50. The van der Waals surface area contributed by atoms with E-state index in [0.29, 0.717) is 24.8 Å². The third-order valence-electron chi connectivity index (χ3n) is 6.66. The molecule has 0 spiro atoms. The largest absolute Gasteiger partial charge is 0.458 e. The fourth-order valence-electron chi connectivity index (χ4n) is 5.02. The summed E-state index contributed by atoms with van der Waals surface area (Å²) in [5.41, 5.74) is -0.146. The van der Waals surface area contributed by atoms with E-state index in [-0.39, 0.29) is 48.3 Å². The van der Waals surface area contributed by atoms with Crippen molar-refractivity contribution < 1.29 is 28.9 Å². The van der Waals surface area contributed by atoms with E-state index < -0.39 is 17.8 Å². The van der Waals surface area contributed by atoms with Crippen molar-refractivity contribution >= 4 is 11.9 Å². The smallest absolute Gasteiger partial charge is 0.334 e. The predicted octanol–water partition coefficient (Wildman–Crippen LogP) is 2.44. The van der Waals surface area contributed by atoms with Gasteiger partial charge in [-0.25, -0.2) is 4.79 Å². The Morgan fingerprint density at radius 1 is 1.50 bits per heavy atom. The van der Waals surface area contributed by atoms with Gasteiger partial charge in [-0.15, -0.1) is 0 Å². The molecule has 0 bridgehead atoms. The van der Waals surface area contributed by atoms with Crippen LogP contribution in [0.4, 0.5) is 0 Å². The van der Waals surface area contributed by atoms with Gasteiger partial charge in [-0.1, -0.05) is 34.3 Å². The molecule has 8 atom stereocenters. The molecule has 0 unspecified atom stereocenters. The molecule has 146 valence electrons. The zero-order valence-corrected chi connectivity index (χ0v) is 16.1. The van der Waals surface area contributed by atoms with Gasteiger partial charge in [0.25, 0.3) is 0 Å². The summed E-state index contributed by atoms with van der Waals surface area (Å²) in [6.45, 7) is 11.9. The minimum Gasteiger partial charge on any atom is -0.458 e. The maximum absolute atomic E-state index is 12.4. The lowest BCUT2D eigenvalue weighted by atomic mass is 9.64. The van der Waals surface area contributed by atoms with Crippen LogP contribution < -0.4 is 0 Å². The zero-order chi connectivity index (χ0) is 19.2. The maximum atomic E-state index is 12.4. The Morgan fingerprint density at radius 3 is 2.85 bits per heavy atom. The molecule has 0 amide bonds. The summed E-state index contributed by atoms with van der Waals surface area (Å²) in [7, 11) is 0. The van der Waals surface area contributed by atoms with E-state index in [1.165, 1.54) is 0 Å². The van der Waals surface area contributed by atoms with E-state index in [9.17, 15) is 14.7 Å². The summed E-state index contributed by atoms with van der Waals surface area (Å²) in [4.78, 5) is 24.4. The van der Waals surface area contributed by atoms with Crippen molar-refractivity contribution in [1.82, 2.24) is 0 Å². The van der Waals surface area contributed by atoms with E-state index in [4.69, 9.17) is 14.2 Å². The second-order valence-electron chi connectivity index (χ2n) is 8.50. The van der Waals surface area contributed by atoms with Gasteiger partial charge in [-0.2, -0.15) is 0 Å². The summed E-state index contributed by atoms with van der Waals surface area (Å²) < 4.78 is 17.1. The van der Waals surface area contributed by atoms with Crippen LogP contribution in [0.1, 0.15) is 47.0 Å². The summed E-state index contributed by atoms with van der Waals surface area (Å²) in [5, 5.41) is 10.7. The molecule has 2 saturated heterocycles. The molecule has 3 rings (SSSR count). The van der Waals surface area contributed by atoms with Crippen LogP contribution in [-0.2, 0) is 23.8 Å². The molecule has 6 nitrogen and oxygen atoms in total. The average molecular weight is 366 g/mol. The van der Waals surface area contributed by atoms with Gasteiger partial charge >= 0.3 is 11.9 Å². The van der Waals surface area contributed by atoms with Gasteiger partial charge < -0.3 is 19.3 Å². The SMILES string of the molecule is C=C1C(=O)O[C@H]2C[C@@H](C)[C@@H]3[C@@H](O)CO[C@@H](OC(=O)[C@@H](C)CC)[C@@]3(C)C[C@H]12. The van der Waals surface area contributed by atoms with Gasteiger partial charge in [0, 0.05) is 22.8 Å². The molecule has 0 aromatic rings. The first-order chi connectivity index (χ1) is 12.2. The third-order valence-corrected chi connectivity index (χ3v) is 6.66. The molecule has 1 N–H and O–H groups in total. The monoisotopic (exact) mass is 366 g/mol. The number of hydrogen-bond acceptors (Lipinski definition) is 6. The Hall–Kier alpha value is -1.40. The summed E-state index contributed by atoms with van der Waals surface area (Å²) >= 11 is 0. The van der Waals surface area contributed by atoms with Crippen molar-refractivity contribution in [2.24, 2.45) is 29.1 Å². The number of aliphatic hydroxyl groups excluding tert-OH is 1. The quantitative estimate of drug-likeness (QED) is 0.610. The van der Waals surface area contributed by atoms with Crippen molar-refractivity contribution in [3.8, 4) is 0 Å². The molecular formula is C20H30O6. The van der Waals surface area contributed by atoms with Gasteiger partial charge in [-0.05, 0) is 25.2 Å². The van der Waals surface area contributed by atoms with Crippen molar-refractivity contribution in [3.63, 3.8) is 0 Å². The van der Waals surface area contributed by atoms with Gasteiger partial charge in [0.15, 0.2) is 0 Å². The van der Waals surface area contributed by atoms with E-state index >= 15 is 0 Å². The summed E-state index contributed by atoms with van der Waals surface area (Å²) in [5.74, 6) is -1.01. The topological polar surface area (TPSA) is 82.1 Å². The van der Waals surface area contributed by atoms with E-state index in [1.54, 1.807) is 0 Å². The number of hydrogen-bond donors (Lipinski definition) is 1. The number of aliphatic hydroxyl groups is 1. The molecular weight excluding hydrogens is 336 g/mol. The predicted molar refractivity (Wildman–Crippen MR) is 93.8 cm³/mol. The minimum absolute atomic E-state index is 0.0948. The Kier molecular flexibility index (Phi) is 5.19. The average Bonchev–Trinajstić information content (AvgIpc) is 2.76. The van der Waals surface area contributed by atoms with Crippen molar-refractivity contribution in [2.45, 2.75) is 65.5 Å². The van der Waals surface area contributed by atoms with Crippen molar-refractivity contribution in [3.05, 3.63) is 12.2 Å². The molecule has 26 heavy (non-hydrogen) atoms. The van der Waals surface area contributed by atoms with E-state index in [2.05, 4.69) is 13.5 Å². The lowest BCUT2D eigenvalue weighted by molar-refractivity contribution is -0.273. The highest BCUT2D eigenvalue weighted by atomic mass is 16.7. The van der Waals surface area contributed by atoms with Crippen LogP contribution in [0.5, 0.6) is 0 Å². The molecule has 0 aromatic heterocycles. The first-order valence-corrected chi connectivity index (χ1v) is 9.59. The summed E-state index contributed by atoms with van der Waals surface area (Å²) in [6, 6.07) is 0. The Bertz CT molecular complexity index is 601. The molecule has 3 aliphatic rings. The maximum Gasteiger partial charge on any atom is 0.334 e. The number of ether oxygens (including phenoxy) is 3. The first kappa shape index (κ1) is 19.4. The van der Waals surface area contributed by atoms with Crippen LogP contribution in [0.2, 0.25) is 0 Å². The van der Waals surface area contributed by atoms with Gasteiger partial charge in [0.2, 0.25) is 6.29 Å². The molecule has 6 heteroatoms. The van der Waals surface area contributed by atoms with Crippen LogP contribution in [0.15, 0.2) is 12.2 Å². The van der Waals surface area contributed by atoms with Crippen LogP contribution in [0.25, 0.3) is 0 Å². The van der Waals surface area contributed by atoms with Crippen molar-refractivity contribution in [1.29, 1.82) is 0 Å². The Labute approximate surface area is 154 Å². The number of carbonyl (C=O) groups excluding carboxylic acids is 2.